The van der Waals surface area contributed by atoms with Gasteiger partial charge in [0, 0.05) is 6.42 Å². The van der Waals surface area contributed by atoms with E-state index in [1.807, 2.05) is 48.6 Å². The zero-order valence-corrected chi connectivity index (χ0v) is 45.7. The number of carbonyl (C=O) groups is 2. The molecule has 1 saturated heterocycles. The number of unbranched alkanes of at least 4 members (excludes halogenated alkanes) is 19. The first-order chi connectivity index (χ1) is 35.7. The van der Waals surface area contributed by atoms with Gasteiger partial charge in [-0.05, 0) is 89.9 Å². The minimum atomic E-state index is -1.64. The molecule has 0 aliphatic carbocycles. The van der Waals surface area contributed by atoms with Crippen LogP contribution in [-0.2, 0) is 23.8 Å². The Morgan fingerprint density at radius 2 is 1.04 bits per heavy atom. The maximum atomic E-state index is 13.3. The van der Waals surface area contributed by atoms with Gasteiger partial charge in [-0.1, -0.05) is 220 Å². The lowest BCUT2D eigenvalue weighted by Gasteiger charge is -2.41. The number of esters is 1. The van der Waals surface area contributed by atoms with E-state index in [0.29, 0.717) is 12.8 Å². The fourth-order valence-electron chi connectivity index (χ4n) is 8.17. The van der Waals surface area contributed by atoms with Crippen LogP contribution in [0, 0.1) is 0 Å². The molecule has 1 aliphatic heterocycles. The van der Waals surface area contributed by atoms with E-state index in [9.17, 15) is 35.1 Å². The number of nitrogens with one attached hydrogen (secondary N) is 1. The van der Waals surface area contributed by atoms with Gasteiger partial charge in [-0.3, -0.25) is 9.59 Å². The molecule has 8 unspecified atom stereocenters. The molecular formula is C62H103NO10. The predicted octanol–water partition coefficient (Wildman–Crippen LogP) is 12.9. The Morgan fingerprint density at radius 1 is 0.562 bits per heavy atom. The predicted molar refractivity (Wildman–Crippen MR) is 301 cm³/mol. The summed E-state index contributed by atoms with van der Waals surface area (Å²) >= 11 is 0. The third kappa shape index (κ3) is 37.7. The molecule has 6 N–H and O–H groups in total. The van der Waals surface area contributed by atoms with E-state index in [4.69, 9.17) is 14.2 Å². The molecule has 416 valence electrons. The van der Waals surface area contributed by atoms with Gasteiger partial charge >= 0.3 is 5.97 Å². The topological polar surface area (TPSA) is 175 Å². The third-order valence-corrected chi connectivity index (χ3v) is 12.8. The fraction of sp³-hybridized carbons (Fsp3) is 0.677. The summed E-state index contributed by atoms with van der Waals surface area (Å²) in [5.41, 5.74) is 0. The van der Waals surface area contributed by atoms with Gasteiger partial charge in [0.25, 0.3) is 0 Å². The van der Waals surface area contributed by atoms with E-state index in [1.54, 1.807) is 6.08 Å². The lowest BCUT2D eigenvalue weighted by Crippen LogP contribution is -2.61. The zero-order valence-electron chi connectivity index (χ0n) is 45.7. The molecule has 1 amide bonds. The van der Waals surface area contributed by atoms with Gasteiger partial charge in [0.15, 0.2) is 12.4 Å². The minimum Gasteiger partial charge on any atom is -0.454 e. The van der Waals surface area contributed by atoms with Crippen molar-refractivity contribution in [3.8, 4) is 0 Å². The van der Waals surface area contributed by atoms with Gasteiger partial charge in [-0.25, -0.2) is 0 Å². The zero-order chi connectivity index (χ0) is 53.3. The number of ether oxygens (including phenoxy) is 3. The summed E-state index contributed by atoms with van der Waals surface area (Å²) in [6, 6.07) is -1.06. The number of amides is 1. The van der Waals surface area contributed by atoms with Crippen LogP contribution in [0.5, 0.6) is 0 Å². The van der Waals surface area contributed by atoms with E-state index >= 15 is 0 Å². The lowest BCUT2D eigenvalue weighted by molar-refractivity contribution is -0.305. The van der Waals surface area contributed by atoms with E-state index in [-0.39, 0.29) is 19.4 Å². The van der Waals surface area contributed by atoms with Crippen LogP contribution in [0.1, 0.15) is 207 Å². The van der Waals surface area contributed by atoms with Gasteiger partial charge in [0.2, 0.25) is 5.91 Å². The number of carbonyl (C=O) groups excluding carboxylic acids is 2. The number of hydrogen-bond acceptors (Lipinski definition) is 10. The van der Waals surface area contributed by atoms with Crippen molar-refractivity contribution in [2.24, 2.45) is 0 Å². The Labute approximate surface area is 443 Å². The van der Waals surface area contributed by atoms with Crippen molar-refractivity contribution < 1.29 is 49.3 Å². The molecule has 11 heteroatoms. The SMILES string of the molecule is CC/C=C/C=C/C=C\C=C/CCCCC(O)C(=O)NC(COC1OC(CO)C(O)C(O)C1OC(=O)CCCCC/C=C\C/C=C\C/C=C\C/C=C\CCCCC)C(O)/C=C/CCCCCCCCCCCCC. The van der Waals surface area contributed by atoms with Crippen LogP contribution in [0.3, 0.4) is 0 Å². The van der Waals surface area contributed by atoms with Crippen LogP contribution in [0.15, 0.2) is 109 Å². The van der Waals surface area contributed by atoms with Crippen molar-refractivity contribution in [1.29, 1.82) is 0 Å². The summed E-state index contributed by atoms with van der Waals surface area (Å²) in [7, 11) is 0. The molecule has 0 aromatic carbocycles. The van der Waals surface area contributed by atoms with Crippen molar-refractivity contribution >= 4 is 11.9 Å². The van der Waals surface area contributed by atoms with Crippen LogP contribution in [0.25, 0.3) is 0 Å². The van der Waals surface area contributed by atoms with E-state index < -0.39 is 67.4 Å². The van der Waals surface area contributed by atoms with Crippen molar-refractivity contribution in [1.82, 2.24) is 5.32 Å². The summed E-state index contributed by atoms with van der Waals surface area (Å²) < 4.78 is 17.5. The van der Waals surface area contributed by atoms with Crippen molar-refractivity contribution in [2.45, 2.75) is 256 Å². The Kier molecular flexibility index (Phi) is 45.4. The second-order valence-corrected chi connectivity index (χ2v) is 19.4. The van der Waals surface area contributed by atoms with Crippen LogP contribution in [0.2, 0.25) is 0 Å². The average Bonchev–Trinajstić information content (AvgIpc) is 3.39. The van der Waals surface area contributed by atoms with E-state index in [1.165, 1.54) is 70.6 Å². The lowest BCUT2D eigenvalue weighted by atomic mass is 9.99. The molecule has 1 rings (SSSR count). The van der Waals surface area contributed by atoms with Crippen LogP contribution in [0.4, 0.5) is 0 Å². The molecule has 0 saturated carbocycles. The van der Waals surface area contributed by atoms with Crippen molar-refractivity contribution in [3.05, 3.63) is 109 Å². The number of aliphatic hydroxyl groups is 5. The summed E-state index contributed by atoms with van der Waals surface area (Å²) in [6.45, 7) is 5.54. The highest BCUT2D eigenvalue weighted by molar-refractivity contribution is 5.80. The standard InChI is InChI=1S/C62H103NO10/c1-4-7-10-13-16-19-22-25-26-27-28-29-30-32-35-38-41-44-47-50-57(67)73-60-59(69)58(68)56(51-64)72-62(60)71-52-53(54(65)48-45-42-39-36-34-31-23-20-17-14-11-8-5-2)63-61(70)55(66)49-46-43-40-37-33-24-21-18-15-12-9-6-3/h9,12,15-16,18-19,21,24-26,28-29,32-33,35,37,45,48,53-56,58-60,62,64-66,68-69H,4-8,10-11,13-14,17,20,22-23,27,30-31,34,36,38-44,46-47,49-52H2,1-3H3,(H,63,70)/b12-9+,18-15+,19-16-,24-21-,26-25-,29-28-,35-32-,37-33-,48-45+. The Morgan fingerprint density at radius 3 is 1.63 bits per heavy atom. The van der Waals surface area contributed by atoms with E-state index in [0.717, 1.165) is 89.9 Å². The molecule has 0 aromatic heterocycles. The normalized spacial score (nSPS) is 20.2. The molecule has 0 aromatic rings. The molecule has 0 spiro atoms. The minimum absolute atomic E-state index is 0.0748. The number of hydrogen-bond donors (Lipinski definition) is 6. The van der Waals surface area contributed by atoms with Gasteiger partial charge in [0.1, 0.15) is 24.4 Å². The van der Waals surface area contributed by atoms with Crippen molar-refractivity contribution in [2.75, 3.05) is 13.2 Å². The second kappa shape index (κ2) is 49.2. The summed E-state index contributed by atoms with van der Waals surface area (Å²) in [5.74, 6) is -1.28. The number of allylic oxidation sites excluding steroid dienone is 17. The van der Waals surface area contributed by atoms with Gasteiger partial charge < -0.3 is 45.1 Å². The Bertz CT molecular complexity index is 1600. The first-order valence-corrected chi connectivity index (χ1v) is 28.7. The van der Waals surface area contributed by atoms with Crippen LogP contribution < -0.4 is 5.32 Å². The fourth-order valence-corrected chi connectivity index (χ4v) is 8.17. The highest BCUT2D eigenvalue weighted by Crippen LogP contribution is 2.26. The largest absolute Gasteiger partial charge is 0.454 e. The van der Waals surface area contributed by atoms with Crippen LogP contribution >= 0.6 is 0 Å². The molecule has 1 heterocycles. The number of rotatable bonds is 46. The Balaban J connectivity index is 2.78. The summed E-state index contributed by atoms with van der Waals surface area (Å²) in [4.78, 5) is 26.4. The molecule has 73 heavy (non-hydrogen) atoms. The molecule has 11 nitrogen and oxygen atoms in total. The molecule has 1 aliphatic rings. The summed E-state index contributed by atoms with van der Waals surface area (Å²) in [6.07, 6.45) is 55.6. The maximum absolute atomic E-state index is 13.3. The number of aliphatic hydroxyl groups excluding tert-OH is 5. The highest BCUT2D eigenvalue weighted by atomic mass is 16.7. The first-order valence-electron chi connectivity index (χ1n) is 28.7. The van der Waals surface area contributed by atoms with Gasteiger partial charge in [0.05, 0.1) is 25.4 Å². The van der Waals surface area contributed by atoms with Gasteiger partial charge in [-0.2, -0.15) is 0 Å². The van der Waals surface area contributed by atoms with E-state index in [2.05, 4.69) is 80.8 Å². The molecule has 8 atom stereocenters. The van der Waals surface area contributed by atoms with Gasteiger partial charge in [-0.15, -0.1) is 0 Å². The highest BCUT2D eigenvalue weighted by Gasteiger charge is 2.47. The maximum Gasteiger partial charge on any atom is 0.306 e. The second-order valence-electron chi connectivity index (χ2n) is 19.4. The average molecular weight is 1020 g/mol. The monoisotopic (exact) mass is 1020 g/mol. The van der Waals surface area contributed by atoms with Crippen LogP contribution in [-0.4, -0.2) is 99.6 Å². The third-order valence-electron chi connectivity index (χ3n) is 12.8. The van der Waals surface area contributed by atoms with Crippen molar-refractivity contribution in [3.63, 3.8) is 0 Å². The molecule has 0 bridgehead atoms. The Hall–Kier alpha value is -3.68. The molecular weight excluding hydrogens is 919 g/mol. The smallest absolute Gasteiger partial charge is 0.306 e. The first kappa shape index (κ1) is 67.3. The summed E-state index contributed by atoms with van der Waals surface area (Å²) in [5, 5.41) is 56.7. The molecule has 1 fully saturated rings. The quantitative estimate of drug-likeness (QED) is 0.0149. The molecule has 0 radical (unpaired) electrons.